The van der Waals surface area contributed by atoms with Gasteiger partial charge in [0.05, 0.1) is 24.9 Å². The molecule has 1 aromatic heterocycles. The molecular formula is C19H22FN3O2. The maximum absolute atomic E-state index is 13.3. The van der Waals surface area contributed by atoms with Crippen LogP contribution in [0.5, 0.6) is 0 Å². The first-order valence-electron chi connectivity index (χ1n) is 8.90. The fraction of sp³-hybridized carbons (Fsp3) is 0.474. The number of aromatic nitrogens is 2. The van der Waals surface area contributed by atoms with Crippen LogP contribution in [-0.4, -0.2) is 46.4 Å². The molecule has 6 heteroatoms. The first-order valence-corrected chi connectivity index (χ1v) is 8.90. The van der Waals surface area contributed by atoms with Crippen LogP contribution < -0.4 is 0 Å². The largest absolute Gasteiger partial charge is 0.377 e. The van der Waals surface area contributed by atoms with Gasteiger partial charge in [0.2, 0.25) is 0 Å². The van der Waals surface area contributed by atoms with Crippen LogP contribution >= 0.6 is 0 Å². The fourth-order valence-corrected chi connectivity index (χ4v) is 3.73. The molecule has 5 nitrogen and oxygen atoms in total. The Bertz CT molecular complexity index is 785. The van der Waals surface area contributed by atoms with Gasteiger partial charge in [0, 0.05) is 17.8 Å². The van der Waals surface area contributed by atoms with E-state index in [9.17, 15) is 9.18 Å². The van der Waals surface area contributed by atoms with Gasteiger partial charge in [-0.2, -0.15) is 5.10 Å². The Morgan fingerprint density at radius 3 is 2.76 bits per heavy atom. The van der Waals surface area contributed by atoms with E-state index < -0.39 is 0 Å². The SMILES string of the molecule is C[C@@H]1COCCN1C(=O)c1nn(-c2ccc(F)cc2)c2c1CCCC2. The normalized spacial score (nSPS) is 20.4. The molecule has 1 aliphatic carbocycles. The molecule has 1 saturated heterocycles. The zero-order valence-electron chi connectivity index (χ0n) is 14.4. The van der Waals surface area contributed by atoms with E-state index in [1.54, 1.807) is 12.1 Å². The summed E-state index contributed by atoms with van der Waals surface area (Å²) >= 11 is 0. The molecule has 0 bridgehead atoms. The average molecular weight is 343 g/mol. The van der Waals surface area contributed by atoms with E-state index in [-0.39, 0.29) is 17.8 Å². The van der Waals surface area contributed by atoms with Crippen molar-refractivity contribution >= 4 is 5.91 Å². The Kier molecular flexibility index (Phi) is 4.29. The maximum atomic E-state index is 13.3. The maximum Gasteiger partial charge on any atom is 0.275 e. The summed E-state index contributed by atoms with van der Waals surface area (Å²) in [5.41, 5.74) is 3.49. The number of hydrogen-bond donors (Lipinski definition) is 0. The predicted molar refractivity (Wildman–Crippen MR) is 91.5 cm³/mol. The minimum absolute atomic E-state index is 0.0187. The van der Waals surface area contributed by atoms with Gasteiger partial charge >= 0.3 is 0 Å². The highest BCUT2D eigenvalue weighted by Gasteiger charge is 2.31. The molecule has 1 aliphatic heterocycles. The van der Waals surface area contributed by atoms with Crippen molar-refractivity contribution in [3.8, 4) is 5.69 Å². The van der Waals surface area contributed by atoms with Gasteiger partial charge in [-0.05, 0) is 56.9 Å². The van der Waals surface area contributed by atoms with Crippen LogP contribution in [-0.2, 0) is 17.6 Å². The van der Waals surface area contributed by atoms with Gasteiger partial charge in [-0.3, -0.25) is 4.79 Å². The molecular weight excluding hydrogens is 321 g/mol. The Labute approximate surface area is 146 Å². The first kappa shape index (κ1) is 16.3. The Balaban J connectivity index is 1.75. The molecule has 0 unspecified atom stereocenters. The number of nitrogens with zero attached hydrogens (tertiary/aromatic N) is 3. The van der Waals surface area contributed by atoms with E-state index in [4.69, 9.17) is 4.74 Å². The molecule has 0 N–H and O–H groups in total. The van der Waals surface area contributed by atoms with Gasteiger partial charge in [0.25, 0.3) is 5.91 Å². The van der Waals surface area contributed by atoms with Crippen molar-refractivity contribution in [3.05, 3.63) is 47.0 Å². The van der Waals surface area contributed by atoms with Crippen LogP contribution in [0.4, 0.5) is 4.39 Å². The van der Waals surface area contributed by atoms with Gasteiger partial charge in [0.1, 0.15) is 5.82 Å². The second kappa shape index (κ2) is 6.59. The molecule has 0 radical (unpaired) electrons. The third-order valence-corrected chi connectivity index (χ3v) is 5.08. The van der Waals surface area contributed by atoms with E-state index in [1.807, 2.05) is 16.5 Å². The van der Waals surface area contributed by atoms with Gasteiger partial charge in [-0.15, -0.1) is 0 Å². The Morgan fingerprint density at radius 2 is 2.00 bits per heavy atom. The molecule has 1 amide bonds. The zero-order valence-corrected chi connectivity index (χ0v) is 14.4. The van der Waals surface area contributed by atoms with Crippen molar-refractivity contribution in [1.29, 1.82) is 0 Å². The smallest absolute Gasteiger partial charge is 0.275 e. The lowest BCUT2D eigenvalue weighted by atomic mass is 9.95. The third kappa shape index (κ3) is 2.95. The molecule has 132 valence electrons. The molecule has 1 aromatic carbocycles. The number of halogens is 1. The van der Waals surface area contributed by atoms with E-state index in [2.05, 4.69) is 5.10 Å². The first-order chi connectivity index (χ1) is 12.1. The quantitative estimate of drug-likeness (QED) is 0.842. The summed E-state index contributed by atoms with van der Waals surface area (Å²) in [4.78, 5) is 15.0. The molecule has 2 heterocycles. The van der Waals surface area contributed by atoms with Crippen LogP contribution in [0, 0.1) is 5.82 Å². The fourth-order valence-electron chi connectivity index (χ4n) is 3.73. The van der Waals surface area contributed by atoms with Gasteiger partial charge < -0.3 is 9.64 Å². The minimum atomic E-state index is -0.275. The van der Waals surface area contributed by atoms with Crippen LogP contribution in [0.3, 0.4) is 0 Å². The van der Waals surface area contributed by atoms with Gasteiger partial charge in [-0.1, -0.05) is 0 Å². The van der Waals surface area contributed by atoms with E-state index >= 15 is 0 Å². The summed E-state index contributed by atoms with van der Waals surface area (Å²) in [6.07, 6.45) is 3.92. The number of fused-ring (bicyclic) bond motifs is 1. The molecule has 25 heavy (non-hydrogen) atoms. The average Bonchev–Trinajstić information content (AvgIpc) is 3.02. The molecule has 4 rings (SSSR count). The van der Waals surface area contributed by atoms with Crippen LogP contribution in [0.25, 0.3) is 5.69 Å². The number of carbonyl (C=O) groups is 1. The number of rotatable bonds is 2. The number of ether oxygens (including phenoxy) is 1. The molecule has 2 aliphatic rings. The number of amides is 1. The lowest BCUT2D eigenvalue weighted by molar-refractivity contribution is 0.00318. The highest BCUT2D eigenvalue weighted by Crippen LogP contribution is 2.28. The molecule has 1 fully saturated rings. The standard InChI is InChI=1S/C19H22FN3O2/c1-13-12-25-11-10-22(13)19(24)18-16-4-2-3-5-17(16)23(21-18)15-8-6-14(20)7-9-15/h6-9,13H,2-5,10-12H2,1H3/t13-/m1/s1. The lowest BCUT2D eigenvalue weighted by Gasteiger charge is -2.33. The summed E-state index contributed by atoms with van der Waals surface area (Å²) in [6.45, 7) is 3.72. The van der Waals surface area contributed by atoms with E-state index in [0.717, 1.165) is 42.6 Å². The highest BCUT2D eigenvalue weighted by molar-refractivity contribution is 5.94. The van der Waals surface area contributed by atoms with Crippen molar-refractivity contribution in [2.75, 3.05) is 19.8 Å². The van der Waals surface area contributed by atoms with Crippen LogP contribution in [0.15, 0.2) is 24.3 Å². The van der Waals surface area contributed by atoms with Gasteiger partial charge in [-0.25, -0.2) is 9.07 Å². The van der Waals surface area contributed by atoms with Crippen LogP contribution in [0.1, 0.15) is 41.5 Å². The summed E-state index contributed by atoms with van der Waals surface area (Å²) in [7, 11) is 0. The van der Waals surface area contributed by atoms with E-state index in [1.165, 1.54) is 12.1 Å². The predicted octanol–water partition coefficient (Wildman–Crippen LogP) is 2.75. The molecule has 0 saturated carbocycles. The topological polar surface area (TPSA) is 47.4 Å². The van der Waals surface area contributed by atoms with Crippen molar-refractivity contribution in [2.24, 2.45) is 0 Å². The third-order valence-electron chi connectivity index (χ3n) is 5.08. The van der Waals surface area contributed by atoms with Gasteiger partial charge in [0.15, 0.2) is 5.69 Å². The lowest BCUT2D eigenvalue weighted by Crippen LogP contribution is -2.47. The number of hydrogen-bond acceptors (Lipinski definition) is 3. The monoisotopic (exact) mass is 343 g/mol. The Morgan fingerprint density at radius 1 is 1.24 bits per heavy atom. The summed E-state index contributed by atoms with van der Waals surface area (Å²) in [5.74, 6) is -0.293. The molecule has 0 spiro atoms. The number of benzene rings is 1. The summed E-state index contributed by atoms with van der Waals surface area (Å²) in [5, 5.41) is 4.66. The zero-order chi connectivity index (χ0) is 17.4. The van der Waals surface area contributed by atoms with Crippen molar-refractivity contribution in [3.63, 3.8) is 0 Å². The van der Waals surface area contributed by atoms with Crippen molar-refractivity contribution < 1.29 is 13.9 Å². The van der Waals surface area contributed by atoms with Crippen molar-refractivity contribution in [1.82, 2.24) is 14.7 Å². The number of morpholine rings is 1. The second-order valence-corrected chi connectivity index (χ2v) is 6.79. The minimum Gasteiger partial charge on any atom is -0.377 e. The molecule has 2 aromatic rings. The summed E-state index contributed by atoms with van der Waals surface area (Å²) in [6, 6.07) is 6.33. The highest BCUT2D eigenvalue weighted by atomic mass is 19.1. The molecule has 1 atom stereocenters. The second-order valence-electron chi connectivity index (χ2n) is 6.79. The number of carbonyl (C=O) groups excluding carboxylic acids is 1. The van der Waals surface area contributed by atoms with Crippen molar-refractivity contribution in [2.45, 2.75) is 38.6 Å². The summed E-state index contributed by atoms with van der Waals surface area (Å²) < 4.78 is 20.5. The van der Waals surface area contributed by atoms with E-state index in [0.29, 0.717) is 25.5 Å². The van der Waals surface area contributed by atoms with Crippen LogP contribution in [0.2, 0.25) is 0 Å². The Hall–Kier alpha value is -2.21.